The van der Waals surface area contributed by atoms with E-state index in [0.29, 0.717) is 13.0 Å². The highest BCUT2D eigenvalue weighted by Crippen LogP contribution is 2.10. The Labute approximate surface area is 92.6 Å². The van der Waals surface area contributed by atoms with Crippen LogP contribution in [0.3, 0.4) is 0 Å². The van der Waals surface area contributed by atoms with Gasteiger partial charge in [-0.25, -0.2) is 4.79 Å². The maximum Gasteiger partial charge on any atom is 0.357 e. The van der Waals surface area contributed by atoms with Crippen LogP contribution >= 0.6 is 0 Å². The van der Waals surface area contributed by atoms with Crippen LogP contribution in [0.5, 0.6) is 0 Å². The van der Waals surface area contributed by atoms with Crippen molar-refractivity contribution in [3.63, 3.8) is 0 Å². The molecule has 16 heavy (non-hydrogen) atoms. The molecule has 0 radical (unpaired) electrons. The monoisotopic (exact) mass is 224 g/mol. The average molecular weight is 224 g/mol. The highest BCUT2D eigenvalue weighted by molar-refractivity contribution is 5.85. The molecule has 0 saturated carbocycles. The number of hydrogen-bond acceptors (Lipinski definition) is 5. The summed E-state index contributed by atoms with van der Waals surface area (Å²) in [5.74, 6) is 1.33. The molecule has 0 aliphatic heterocycles. The number of nitrogens with one attached hydrogen (secondary N) is 1. The number of terminal acetylenes is 1. The second kappa shape index (κ2) is 5.78. The summed E-state index contributed by atoms with van der Waals surface area (Å²) in [6.45, 7) is 0.384. The number of carbonyl (C=O) groups is 1. The third-order valence-electron chi connectivity index (χ3n) is 1.78. The predicted molar refractivity (Wildman–Crippen MR) is 56.2 cm³/mol. The fraction of sp³-hybridized carbons (Fsp3) is 0.400. The van der Waals surface area contributed by atoms with Crippen molar-refractivity contribution in [1.29, 1.82) is 0 Å². The number of oxazole rings is 1. The van der Waals surface area contributed by atoms with Crippen LogP contribution in [0.1, 0.15) is 16.9 Å². The molecule has 1 aromatic rings. The Hall–Kier alpha value is -2.00. The van der Waals surface area contributed by atoms with E-state index >= 15 is 0 Å². The lowest BCUT2D eigenvalue weighted by atomic mass is 10.2. The Bertz CT molecular complexity index is 394. The summed E-state index contributed by atoms with van der Waals surface area (Å²) in [4.78, 5) is 14.3. The molecule has 1 atom stereocenters. The van der Waals surface area contributed by atoms with Crippen LogP contribution in [0.25, 0.3) is 0 Å². The molecule has 0 fully saturated rings. The van der Waals surface area contributed by atoms with Gasteiger partial charge in [0.2, 0.25) is 0 Å². The number of anilines is 1. The topological polar surface area (TPSA) is 84.6 Å². The van der Waals surface area contributed by atoms with E-state index in [9.17, 15) is 4.79 Å². The fourth-order valence-corrected chi connectivity index (χ4v) is 1.11. The van der Waals surface area contributed by atoms with Gasteiger partial charge in [-0.3, -0.25) is 0 Å². The number of ether oxygens (including phenoxy) is 1. The first-order chi connectivity index (χ1) is 7.67. The first kappa shape index (κ1) is 12.1. The zero-order valence-electron chi connectivity index (χ0n) is 8.77. The highest BCUT2D eigenvalue weighted by atomic mass is 16.5. The molecular weight excluding hydrogens is 212 g/mol. The molecule has 1 rings (SSSR count). The molecule has 6 nitrogen and oxygen atoms in total. The summed E-state index contributed by atoms with van der Waals surface area (Å²) in [6, 6.07) is -0.0370. The number of hydrogen-bond donors (Lipinski definition) is 2. The van der Waals surface area contributed by atoms with E-state index in [4.69, 9.17) is 20.7 Å². The standard InChI is InChI=1S/C10H12N2O4/c1-3-4-7(5-15-2)11-10-12-8(6-16-10)9(13)14/h1,6-7H,4-5H2,2H3,(H,11,12)(H,13,14). The molecule has 86 valence electrons. The van der Waals surface area contributed by atoms with Crippen molar-refractivity contribution in [3.8, 4) is 12.3 Å². The van der Waals surface area contributed by atoms with Crippen LogP contribution in [-0.4, -0.2) is 35.8 Å². The average Bonchev–Trinajstić information content (AvgIpc) is 2.67. The lowest BCUT2D eigenvalue weighted by Crippen LogP contribution is -2.24. The number of carboxylic acid groups (broad SMARTS) is 1. The van der Waals surface area contributed by atoms with Crippen molar-refractivity contribution in [2.75, 3.05) is 19.0 Å². The van der Waals surface area contributed by atoms with Gasteiger partial charge in [-0.05, 0) is 0 Å². The zero-order chi connectivity index (χ0) is 12.0. The summed E-state index contributed by atoms with van der Waals surface area (Å²) >= 11 is 0. The van der Waals surface area contributed by atoms with Crippen LogP contribution in [0.15, 0.2) is 10.7 Å². The minimum absolute atomic E-state index is 0.120. The van der Waals surface area contributed by atoms with Crippen LogP contribution in [0.4, 0.5) is 6.01 Å². The normalized spacial score (nSPS) is 11.8. The summed E-state index contributed by atoms with van der Waals surface area (Å²) < 4.78 is 9.86. The Kier molecular flexibility index (Phi) is 4.36. The Balaban J connectivity index is 2.62. The smallest absolute Gasteiger partial charge is 0.357 e. The second-order valence-electron chi connectivity index (χ2n) is 3.05. The maximum absolute atomic E-state index is 10.5. The van der Waals surface area contributed by atoms with Crippen molar-refractivity contribution in [2.45, 2.75) is 12.5 Å². The molecule has 1 unspecified atom stereocenters. The molecule has 0 bridgehead atoms. The SMILES string of the molecule is C#CCC(COC)Nc1nc(C(=O)O)co1. The number of carboxylic acids is 1. The first-order valence-electron chi connectivity index (χ1n) is 4.55. The van der Waals surface area contributed by atoms with Gasteiger partial charge >= 0.3 is 5.97 Å². The van der Waals surface area contributed by atoms with Gasteiger partial charge in [-0.15, -0.1) is 12.3 Å². The van der Waals surface area contributed by atoms with Gasteiger partial charge in [0.05, 0.1) is 12.6 Å². The van der Waals surface area contributed by atoms with Crippen molar-refractivity contribution < 1.29 is 19.1 Å². The summed E-state index contributed by atoms with van der Waals surface area (Å²) in [5.41, 5.74) is -0.153. The Morgan fingerprint density at radius 2 is 2.62 bits per heavy atom. The van der Waals surface area contributed by atoms with E-state index in [1.165, 1.54) is 0 Å². The van der Waals surface area contributed by atoms with Gasteiger partial charge in [0, 0.05) is 13.5 Å². The largest absolute Gasteiger partial charge is 0.476 e. The lowest BCUT2D eigenvalue weighted by molar-refractivity contribution is 0.0690. The molecular formula is C10H12N2O4. The van der Waals surface area contributed by atoms with Gasteiger partial charge in [0.1, 0.15) is 6.26 Å². The van der Waals surface area contributed by atoms with Crippen LogP contribution in [0.2, 0.25) is 0 Å². The van der Waals surface area contributed by atoms with Gasteiger partial charge < -0.3 is 19.6 Å². The molecule has 6 heteroatoms. The Morgan fingerprint density at radius 1 is 1.88 bits per heavy atom. The lowest BCUT2D eigenvalue weighted by Gasteiger charge is -2.12. The summed E-state index contributed by atoms with van der Waals surface area (Å²) in [6.07, 6.45) is 6.67. The fourth-order valence-electron chi connectivity index (χ4n) is 1.11. The van der Waals surface area contributed by atoms with Crippen LogP contribution < -0.4 is 5.32 Å². The Morgan fingerprint density at radius 3 is 3.12 bits per heavy atom. The van der Waals surface area contributed by atoms with E-state index in [1.54, 1.807) is 7.11 Å². The molecule has 0 aromatic carbocycles. The van der Waals surface area contributed by atoms with E-state index in [0.717, 1.165) is 6.26 Å². The zero-order valence-corrected chi connectivity index (χ0v) is 8.77. The van der Waals surface area contributed by atoms with Crippen LogP contribution in [-0.2, 0) is 4.74 Å². The van der Waals surface area contributed by atoms with Crippen molar-refractivity contribution >= 4 is 12.0 Å². The third-order valence-corrected chi connectivity index (χ3v) is 1.78. The minimum Gasteiger partial charge on any atom is -0.476 e. The minimum atomic E-state index is -1.14. The van der Waals surface area contributed by atoms with Crippen molar-refractivity contribution in [2.24, 2.45) is 0 Å². The van der Waals surface area contributed by atoms with Crippen molar-refractivity contribution in [1.82, 2.24) is 4.98 Å². The molecule has 0 aliphatic rings. The van der Waals surface area contributed by atoms with Crippen molar-refractivity contribution in [3.05, 3.63) is 12.0 Å². The number of methoxy groups -OCH3 is 1. The molecule has 0 spiro atoms. The predicted octanol–water partition coefficient (Wildman–Crippen LogP) is 0.823. The molecule has 1 aromatic heterocycles. The number of nitrogens with zero attached hydrogens (tertiary/aromatic N) is 1. The van der Waals surface area contributed by atoms with Gasteiger partial charge in [-0.2, -0.15) is 4.98 Å². The third kappa shape index (κ3) is 3.29. The summed E-state index contributed by atoms with van der Waals surface area (Å²) in [5, 5.41) is 11.5. The summed E-state index contributed by atoms with van der Waals surface area (Å²) in [7, 11) is 1.55. The maximum atomic E-state index is 10.5. The highest BCUT2D eigenvalue weighted by Gasteiger charge is 2.13. The van der Waals surface area contributed by atoms with Gasteiger partial charge in [0.25, 0.3) is 6.01 Å². The van der Waals surface area contributed by atoms with E-state index in [-0.39, 0.29) is 17.8 Å². The van der Waals surface area contributed by atoms with E-state index < -0.39 is 5.97 Å². The van der Waals surface area contributed by atoms with Gasteiger partial charge in [-0.1, -0.05) is 0 Å². The van der Waals surface area contributed by atoms with E-state index in [1.807, 2.05) is 0 Å². The first-order valence-corrected chi connectivity index (χ1v) is 4.55. The molecule has 0 saturated heterocycles. The molecule has 1 heterocycles. The molecule has 0 aliphatic carbocycles. The number of aromatic carboxylic acids is 1. The number of rotatable bonds is 6. The van der Waals surface area contributed by atoms with Gasteiger partial charge in [0.15, 0.2) is 5.69 Å². The van der Waals surface area contributed by atoms with Crippen LogP contribution in [0, 0.1) is 12.3 Å². The quantitative estimate of drug-likeness (QED) is 0.696. The second-order valence-corrected chi connectivity index (χ2v) is 3.05. The molecule has 0 amide bonds. The van der Waals surface area contributed by atoms with E-state index in [2.05, 4.69) is 16.2 Å². The number of aromatic nitrogens is 1. The molecule has 2 N–H and O–H groups in total.